The van der Waals surface area contributed by atoms with Gasteiger partial charge in [-0.3, -0.25) is 9.89 Å². The molecule has 1 saturated heterocycles. The van der Waals surface area contributed by atoms with Crippen molar-refractivity contribution >= 4 is 16.8 Å². The normalized spacial score (nSPS) is 16.1. The summed E-state index contributed by atoms with van der Waals surface area (Å²) in [6.45, 7) is 1.65. The van der Waals surface area contributed by atoms with Gasteiger partial charge in [-0.2, -0.15) is 5.10 Å². The van der Waals surface area contributed by atoms with E-state index in [4.69, 9.17) is 0 Å². The summed E-state index contributed by atoms with van der Waals surface area (Å²) in [6.07, 6.45) is 6.65. The molecule has 0 saturated carbocycles. The molecule has 5 nitrogen and oxygen atoms in total. The van der Waals surface area contributed by atoms with E-state index >= 15 is 0 Å². The first-order valence-electron chi connectivity index (χ1n) is 8.13. The number of aromatic amines is 1. The van der Waals surface area contributed by atoms with Crippen LogP contribution in [0.15, 0.2) is 48.8 Å². The number of fused-ring (bicyclic) bond motifs is 1. The topological polar surface area (TPSA) is 53.9 Å². The summed E-state index contributed by atoms with van der Waals surface area (Å²) < 4.78 is 2.25. The molecule has 1 amide bonds. The first-order chi connectivity index (χ1) is 11.3. The smallest absolute Gasteiger partial charge is 0.228 e. The average Bonchev–Trinajstić information content (AvgIpc) is 3.25. The number of para-hydroxylation sites is 1. The number of aromatic nitrogens is 3. The van der Waals surface area contributed by atoms with Crippen molar-refractivity contribution < 1.29 is 4.79 Å². The van der Waals surface area contributed by atoms with Crippen LogP contribution in [0.1, 0.15) is 24.6 Å². The van der Waals surface area contributed by atoms with E-state index in [-0.39, 0.29) is 5.91 Å². The lowest BCUT2D eigenvalue weighted by atomic mass is 10.0. The zero-order valence-electron chi connectivity index (χ0n) is 13.0. The molecule has 0 unspecified atom stereocenters. The van der Waals surface area contributed by atoms with Crippen LogP contribution in [-0.2, 0) is 11.2 Å². The van der Waals surface area contributed by atoms with E-state index < -0.39 is 0 Å². The number of amides is 1. The van der Waals surface area contributed by atoms with Crippen molar-refractivity contribution in [2.24, 2.45) is 0 Å². The van der Waals surface area contributed by atoms with Crippen molar-refractivity contribution in [1.29, 1.82) is 0 Å². The second-order valence-electron chi connectivity index (χ2n) is 6.14. The number of nitrogens with zero attached hydrogens (tertiary/aromatic N) is 3. The highest BCUT2D eigenvalue weighted by molar-refractivity contribution is 5.87. The molecule has 0 spiro atoms. The molecule has 5 heteroatoms. The summed E-state index contributed by atoms with van der Waals surface area (Å²) in [5.41, 5.74) is 1.83. The number of carbonyl (C=O) groups excluding carboxylic acids is 1. The summed E-state index contributed by atoms with van der Waals surface area (Å²) in [4.78, 5) is 14.6. The maximum absolute atomic E-state index is 12.6. The van der Waals surface area contributed by atoms with Crippen LogP contribution < -0.4 is 0 Å². The second kappa shape index (κ2) is 5.91. The van der Waals surface area contributed by atoms with Crippen LogP contribution in [-0.4, -0.2) is 38.7 Å². The minimum Gasteiger partial charge on any atom is -0.351 e. The Morgan fingerprint density at radius 1 is 1.13 bits per heavy atom. The second-order valence-corrected chi connectivity index (χ2v) is 6.14. The van der Waals surface area contributed by atoms with Gasteiger partial charge in [-0.15, -0.1) is 0 Å². The van der Waals surface area contributed by atoms with Crippen molar-refractivity contribution in [3.63, 3.8) is 0 Å². The van der Waals surface area contributed by atoms with Crippen molar-refractivity contribution in [3.05, 3.63) is 54.5 Å². The molecular formula is C18H20N4O. The summed E-state index contributed by atoms with van der Waals surface area (Å²) in [6, 6.07) is 12.5. The predicted molar refractivity (Wildman–Crippen MR) is 89.1 cm³/mol. The number of hydrogen-bond acceptors (Lipinski definition) is 2. The van der Waals surface area contributed by atoms with Gasteiger partial charge in [-0.05, 0) is 31.0 Å². The van der Waals surface area contributed by atoms with Crippen molar-refractivity contribution in [2.75, 3.05) is 13.1 Å². The largest absolute Gasteiger partial charge is 0.351 e. The Kier molecular flexibility index (Phi) is 3.61. The third kappa shape index (κ3) is 2.74. The summed E-state index contributed by atoms with van der Waals surface area (Å²) in [5.74, 6) is 0.186. The summed E-state index contributed by atoms with van der Waals surface area (Å²) in [7, 11) is 0. The van der Waals surface area contributed by atoms with E-state index in [0.29, 0.717) is 12.5 Å². The standard InChI is InChI=1S/C18H20N4O/c23-18(13-17-15-5-1-2-6-16(15)19-20-17)22-11-7-14(8-12-22)21-9-3-4-10-21/h1-6,9-10,14H,7-8,11-13H2,(H,19,20). The maximum atomic E-state index is 12.6. The Bertz CT molecular complexity index is 797. The molecule has 1 aliphatic rings. The molecule has 118 valence electrons. The third-order valence-electron chi connectivity index (χ3n) is 4.73. The first kappa shape index (κ1) is 14.1. The zero-order valence-corrected chi connectivity index (χ0v) is 13.0. The lowest BCUT2D eigenvalue weighted by Gasteiger charge is -2.32. The van der Waals surface area contributed by atoms with Crippen LogP contribution in [0.5, 0.6) is 0 Å². The molecule has 3 heterocycles. The van der Waals surface area contributed by atoms with Crippen LogP contribution in [0.4, 0.5) is 0 Å². The van der Waals surface area contributed by atoms with E-state index in [1.165, 1.54) is 0 Å². The number of hydrogen-bond donors (Lipinski definition) is 1. The van der Waals surface area contributed by atoms with E-state index in [0.717, 1.165) is 42.5 Å². The molecule has 1 N–H and O–H groups in total. The van der Waals surface area contributed by atoms with Gasteiger partial charge in [0.1, 0.15) is 0 Å². The number of nitrogens with one attached hydrogen (secondary N) is 1. The average molecular weight is 308 g/mol. The Morgan fingerprint density at radius 2 is 1.87 bits per heavy atom. The summed E-state index contributed by atoms with van der Waals surface area (Å²) in [5, 5.41) is 8.32. The third-order valence-corrected chi connectivity index (χ3v) is 4.73. The van der Waals surface area contributed by atoms with Gasteiger partial charge >= 0.3 is 0 Å². The van der Waals surface area contributed by atoms with Crippen LogP contribution in [0.25, 0.3) is 10.9 Å². The molecular weight excluding hydrogens is 288 g/mol. The summed E-state index contributed by atoms with van der Waals surface area (Å²) >= 11 is 0. The van der Waals surface area contributed by atoms with E-state index in [2.05, 4.69) is 39.3 Å². The highest BCUT2D eigenvalue weighted by Crippen LogP contribution is 2.23. The monoisotopic (exact) mass is 308 g/mol. The highest BCUT2D eigenvalue weighted by Gasteiger charge is 2.24. The number of piperidine rings is 1. The number of rotatable bonds is 3. The van der Waals surface area contributed by atoms with Crippen LogP contribution in [0.3, 0.4) is 0 Å². The molecule has 1 aromatic carbocycles. The van der Waals surface area contributed by atoms with Gasteiger partial charge in [0, 0.05) is 36.9 Å². The van der Waals surface area contributed by atoms with Crippen molar-refractivity contribution in [2.45, 2.75) is 25.3 Å². The molecule has 0 radical (unpaired) electrons. The minimum absolute atomic E-state index is 0.186. The Hall–Kier alpha value is -2.56. The molecule has 0 aliphatic carbocycles. The Morgan fingerprint density at radius 3 is 2.65 bits per heavy atom. The number of H-pyrrole nitrogens is 1. The lowest BCUT2D eigenvalue weighted by molar-refractivity contribution is -0.131. The maximum Gasteiger partial charge on any atom is 0.228 e. The van der Waals surface area contributed by atoms with Crippen molar-refractivity contribution in [1.82, 2.24) is 19.7 Å². The molecule has 0 atom stereocenters. The first-order valence-corrected chi connectivity index (χ1v) is 8.13. The van der Waals surface area contributed by atoms with E-state index in [1.807, 2.05) is 29.2 Å². The van der Waals surface area contributed by atoms with Gasteiger partial charge in [-0.25, -0.2) is 0 Å². The molecule has 0 bridgehead atoms. The van der Waals surface area contributed by atoms with Gasteiger partial charge in [0.2, 0.25) is 5.91 Å². The Labute approximate surface area is 134 Å². The quantitative estimate of drug-likeness (QED) is 0.809. The highest BCUT2D eigenvalue weighted by atomic mass is 16.2. The molecule has 3 aromatic rings. The molecule has 1 fully saturated rings. The lowest BCUT2D eigenvalue weighted by Crippen LogP contribution is -2.39. The molecule has 4 rings (SSSR count). The van der Waals surface area contributed by atoms with Crippen molar-refractivity contribution in [3.8, 4) is 0 Å². The minimum atomic E-state index is 0.186. The molecule has 2 aromatic heterocycles. The van der Waals surface area contributed by atoms with Gasteiger partial charge in [0.15, 0.2) is 0 Å². The van der Waals surface area contributed by atoms with Crippen LogP contribution in [0, 0.1) is 0 Å². The SMILES string of the molecule is O=C(Cc1[nH]nc2ccccc12)N1CCC(n2cccc2)CC1. The van der Waals surface area contributed by atoms with Gasteiger partial charge < -0.3 is 9.47 Å². The molecule has 23 heavy (non-hydrogen) atoms. The van der Waals surface area contributed by atoms with Gasteiger partial charge in [0.05, 0.1) is 17.6 Å². The van der Waals surface area contributed by atoms with Gasteiger partial charge in [0.25, 0.3) is 0 Å². The number of carbonyl (C=O) groups is 1. The van der Waals surface area contributed by atoms with Crippen LogP contribution >= 0.6 is 0 Å². The number of likely N-dealkylation sites (tertiary alicyclic amines) is 1. The molecule has 1 aliphatic heterocycles. The fourth-order valence-corrected chi connectivity index (χ4v) is 3.42. The fraction of sp³-hybridized carbons (Fsp3) is 0.333. The van der Waals surface area contributed by atoms with Crippen LogP contribution in [0.2, 0.25) is 0 Å². The Balaban J connectivity index is 1.40. The zero-order chi connectivity index (χ0) is 15.6. The van der Waals surface area contributed by atoms with E-state index in [9.17, 15) is 4.79 Å². The number of benzene rings is 1. The predicted octanol–water partition coefficient (Wildman–Crippen LogP) is 2.77. The van der Waals surface area contributed by atoms with E-state index in [1.54, 1.807) is 0 Å². The fourth-order valence-electron chi connectivity index (χ4n) is 3.42. The van der Waals surface area contributed by atoms with Gasteiger partial charge in [-0.1, -0.05) is 18.2 Å².